The van der Waals surface area contributed by atoms with Crippen LogP contribution in [-0.4, -0.2) is 57.5 Å². The molecule has 0 bridgehead atoms. The van der Waals surface area contributed by atoms with Gasteiger partial charge in [0.1, 0.15) is 17.0 Å². The van der Waals surface area contributed by atoms with Crippen LogP contribution in [0.3, 0.4) is 0 Å². The van der Waals surface area contributed by atoms with Gasteiger partial charge in [0.25, 0.3) is 0 Å². The fourth-order valence-corrected chi connectivity index (χ4v) is 6.72. The molecule has 0 unspecified atom stereocenters. The third kappa shape index (κ3) is 5.66. The van der Waals surface area contributed by atoms with Crippen LogP contribution in [0.4, 0.5) is 0 Å². The molecular formula is C27H40ClN5O3Si. The van der Waals surface area contributed by atoms with Gasteiger partial charge in [-0.25, -0.2) is 4.98 Å². The zero-order valence-corrected chi connectivity index (χ0v) is 24.9. The highest BCUT2D eigenvalue weighted by molar-refractivity contribution is 6.74. The molecule has 0 amide bonds. The maximum absolute atomic E-state index is 6.73. The van der Waals surface area contributed by atoms with E-state index in [1.54, 1.807) is 0 Å². The van der Waals surface area contributed by atoms with Gasteiger partial charge >= 0.3 is 0 Å². The molecule has 3 aromatic rings. The van der Waals surface area contributed by atoms with E-state index in [0.717, 1.165) is 47.8 Å². The molecule has 0 radical (unpaired) electrons. The summed E-state index contributed by atoms with van der Waals surface area (Å²) < 4.78 is 22.4. The van der Waals surface area contributed by atoms with Gasteiger partial charge in [-0.05, 0) is 57.7 Å². The number of nitrogens with zero attached hydrogens (tertiary/aromatic N) is 5. The first kappa shape index (κ1) is 26.8. The highest BCUT2D eigenvalue weighted by atomic mass is 35.5. The normalized spacial score (nSPS) is 24.7. The standard InChI is InChI=1S/C27H40ClN5O3Si/c1-26(2,3)37(6,7)36-20-10-8-19(9-11-20)33-23-12-24(28)29-14-22(23)25(31-33)18-13-30-32(15-18)16-21-17-34-27(4,5)35-21/h12-15,19-21H,8-11,16-17H2,1-7H3/t19?,20?,21-/m1/s1. The molecule has 5 rings (SSSR count). The van der Waals surface area contributed by atoms with Gasteiger partial charge in [-0.3, -0.25) is 9.36 Å². The second kappa shape index (κ2) is 9.75. The van der Waals surface area contributed by atoms with Crippen LogP contribution >= 0.6 is 11.6 Å². The summed E-state index contributed by atoms with van der Waals surface area (Å²) in [4.78, 5) is 4.37. The third-order valence-corrected chi connectivity index (χ3v) is 12.9. The lowest BCUT2D eigenvalue weighted by Gasteiger charge is -2.41. The van der Waals surface area contributed by atoms with Crippen molar-refractivity contribution in [3.63, 3.8) is 0 Å². The summed E-state index contributed by atoms with van der Waals surface area (Å²) in [5, 5.41) is 11.4. The van der Waals surface area contributed by atoms with Crippen LogP contribution in [0, 0.1) is 0 Å². The van der Waals surface area contributed by atoms with Crippen LogP contribution in [-0.2, 0) is 20.4 Å². The van der Waals surface area contributed by atoms with Gasteiger partial charge in [0.15, 0.2) is 14.1 Å². The number of hydrogen-bond acceptors (Lipinski definition) is 6. The number of halogens is 1. The van der Waals surface area contributed by atoms with Crippen LogP contribution in [0.25, 0.3) is 22.2 Å². The van der Waals surface area contributed by atoms with Crippen molar-refractivity contribution in [3.05, 3.63) is 29.8 Å². The summed E-state index contributed by atoms with van der Waals surface area (Å²) in [5.41, 5.74) is 2.86. The Labute approximate surface area is 225 Å². The number of pyridine rings is 1. The fraction of sp³-hybridized carbons (Fsp3) is 0.667. The number of rotatable bonds is 6. The van der Waals surface area contributed by atoms with E-state index in [0.29, 0.717) is 30.5 Å². The molecule has 37 heavy (non-hydrogen) atoms. The predicted molar refractivity (Wildman–Crippen MR) is 148 cm³/mol. The number of aromatic nitrogens is 5. The Morgan fingerprint density at radius 1 is 1.16 bits per heavy atom. The highest BCUT2D eigenvalue weighted by Crippen LogP contribution is 2.41. The molecule has 1 atom stereocenters. The van der Waals surface area contributed by atoms with Crippen LogP contribution in [0.15, 0.2) is 24.7 Å². The van der Waals surface area contributed by atoms with Crippen molar-refractivity contribution in [1.29, 1.82) is 0 Å². The van der Waals surface area contributed by atoms with Gasteiger partial charge in [0.05, 0.1) is 30.9 Å². The van der Waals surface area contributed by atoms with Crippen molar-refractivity contribution in [2.45, 2.75) is 109 Å². The van der Waals surface area contributed by atoms with Crippen LogP contribution in [0.5, 0.6) is 0 Å². The van der Waals surface area contributed by atoms with E-state index in [-0.39, 0.29) is 11.1 Å². The summed E-state index contributed by atoms with van der Waals surface area (Å²) in [7, 11) is -1.78. The molecule has 202 valence electrons. The smallest absolute Gasteiger partial charge is 0.192 e. The van der Waals surface area contributed by atoms with Crippen molar-refractivity contribution >= 4 is 30.8 Å². The van der Waals surface area contributed by atoms with Crippen molar-refractivity contribution in [1.82, 2.24) is 24.5 Å². The van der Waals surface area contributed by atoms with Gasteiger partial charge in [-0.15, -0.1) is 0 Å². The van der Waals surface area contributed by atoms with Crippen molar-refractivity contribution in [2.24, 2.45) is 0 Å². The molecule has 1 aliphatic heterocycles. The molecular weight excluding hydrogens is 506 g/mol. The second-order valence-electron chi connectivity index (χ2n) is 12.5. The van der Waals surface area contributed by atoms with E-state index in [1.165, 1.54) is 0 Å². The van der Waals surface area contributed by atoms with E-state index in [2.05, 4.69) is 48.6 Å². The quantitative estimate of drug-likeness (QED) is 0.256. The molecule has 1 aliphatic carbocycles. The maximum Gasteiger partial charge on any atom is 0.192 e. The minimum atomic E-state index is -1.78. The van der Waals surface area contributed by atoms with Gasteiger partial charge < -0.3 is 13.9 Å². The summed E-state index contributed by atoms with van der Waals surface area (Å²) in [6.45, 7) is 16.7. The van der Waals surface area contributed by atoms with E-state index < -0.39 is 14.1 Å². The first-order valence-corrected chi connectivity index (χ1v) is 16.7. The zero-order chi connectivity index (χ0) is 26.6. The number of fused-ring (bicyclic) bond motifs is 1. The highest BCUT2D eigenvalue weighted by Gasteiger charge is 2.40. The SMILES string of the molecule is CC1(C)OC[C@@H](Cn2cc(-c3nn(C4CCC(O[Si](C)(C)C(C)(C)C)CC4)c4cc(Cl)ncc34)cn2)O1. The predicted octanol–water partition coefficient (Wildman–Crippen LogP) is 6.61. The molecule has 1 saturated carbocycles. The summed E-state index contributed by atoms with van der Waals surface area (Å²) in [6, 6.07) is 2.23. The Morgan fingerprint density at radius 3 is 2.54 bits per heavy atom. The molecule has 0 spiro atoms. The largest absolute Gasteiger partial charge is 0.414 e. The minimum absolute atomic E-state index is 0.0266. The average Bonchev–Trinajstić information content (AvgIpc) is 3.50. The van der Waals surface area contributed by atoms with Crippen LogP contribution in [0.1, 0.15) is 66.3 Å². The Balaban J connectivity index is 1.35. The molecule has 1 saturated heterocycles. The Morgan fingerprint density at radius 2 is 1.89 bits per heavy atom. The van der Waals surface area contributed by atoms with Crippen molar-refractivity contribution in [3.8, 4) is 11.3 Å². The summed E-state index contributed by atoms with van der Waals surface area (Å²) in [5.74, 6) is -0.546. The number of hydrogen-bond donors (Lipinski definition) is 0. The molecule has 3 aromatic heterocycles. The van der Waals surface area contributed by atoms with Crippen LogP contribution < -0.4 is 0 Å². The maximum atomic E-state index is 6.73. The van der Waals surface area contributed by atoms with E-state index >= 15 is 0 Å². The zero-order valence-electron chi connectivity index (χ0n) is 23.1. The number of ether oxygens (including phenoxy) is 2. The first-order valence-electron chi connectivity index (χ1n) is 13.4. The monoisotopic (exact) mass is 545 g/mol. The average molecular weight is 546 g/mol. The van der Waals surface area contributed by atoms with E-state index in [4.69, 9.17) is 30.6 Å². The Hall–Kier alpha value is -1.78. The van der Waals surface area contributed by atoms with Gasteiger partial charge in [0, 0.05) is 35.5 Å². The Bertz CT molecular complexity index is 1260. The van der Waals surface area contributed by atoms with Gasteiger partial charge in [0.2, 0.25) is 0 Å². The molecule has 2 aliphatic rings. The molecule has 8 nitrogen and oxygen atoms in total. The van der Waals surface area contributed by atoms with Crippen molar-refractivity contribution in [2.75, 3.05) is 6.61 Å². The lowest BCUT2D eigenvalue weighted by atomic mass is 9.93. The topological polar surface area (TPSA) is 76.2 Å². The van der Waals surface area contributed by atoms with E-state index in [9.17, 15) is 0 Å². The van der Waals surface area contributed by atoms with Crippen molar-refractivity contribution < 1.29 is 13.9 Å². The van der Waals surface area contributed by atoms with Gasteiger partial charge in [-0.1, -0.05) is 32.4 Å². The third-order valence-electron chi connectivity index (χ3n) is 8.18. The molecule has 0 aromatic carbocycles. The summed E-state index contributed by atoms with van der Waals surface area (Å²) in [6.07, 6.45) is 10.2. The first-order chi connectivity index (χ1) is 17.3. The molecule has 0 N–H and O–H groups in total. The minimum Gasteiger partial charge on any atom is -0.414 e. The summed E-state index contributed by atoms with van der Waals surface area (Å²) >= 11 is 6.34. The molecule has 2 fully saturated rings. The van der Waals surface area contributed by atoms with Gasteiger partial charge in [-0.2, -0.15) is 10.2 Å². The van der Waals surface area contributed by atoms with Crippen LogP contribution in [0.2, 0.25) is 23.3 Å². The fourth-order valence-electron chi connectivity index (χ4n) is 5.15. The lowest BCUT2D eigenvalue weighted by molar-refractivity contribution is -0.139. The Kier molecular flexibility index (Phi) is 7.07. The van der Waals surface area contributed by atoms with E-state index in [1.807, 2.05) is 43.2 Å². The molecule has 4 heterocycles. The molecule has 10 heteroatoms. The second-order valence-corrected chi connectivity index (χ2v) is 17.7. The lowest BCUT2D eigenvalue weighted by Crippen LogP contribution is -2.44.